The average molecular weight is 338 g/mol. The molecule has 1 heterocycles. The van der Waals surface area contributed by atoms with Gasteiger partial charge in [-0.3, -0.25) is 9.36 Å². The van der Waals surface area contributed by atoms with Crippen molar-refractivity contribution in [2.45, 2.75) is 39.3 Å². The number of amides is 1. The number of aromatic nitrogens is 1. The molecule has 3 rings (SSSR count). The summed E-state index contributed by atoms with van der Waals surface area (Å²) in [6.45, 7) is 4.38. The molecule has 0 aliphatic carbocycles. The van der Waals surface area contributed by atoms with Crippen LogP contribution >= 0.6 is 0 Å². The number of fused-ring (bicyclic) bond motifs is 1. The lowest BCUT2D eigenvalue weighted by molar-refractivity contribution is -0.122. The predicted molar refractivity (Wildman–Crippen MR) is 97.4 cm³/mol. The van der Waals surface area contributed by atoms with Crippen LogP contribution in [0.1, 0.15) is 36.9 Å². The molecule has 0 saturated carbocycles. The summed E-state index contributed by atoms with van der Waals surface area (Å²) in [5.74, 6) is -0.510. The Hall–Kier alpha value is -2.82. The lowest BCUT2D eigenvalue weighted by Gasteiger charge is -2.17. The molecule has 2 aromatic carbocycles. The van der Waals surface area contributed by atoms with Crippen molar-refractivity contribution in [3.63, 3.8) is 0 Å². The largest absolute Gasteiger partial charge is 0.419 e. The van der Waals surface area contributed by atoms with Crippen LogP contribution in [0.2, 0.25) is 0 Å². The van der Waals surface area contributed by atoms with E-state index >= 15 is 0 Å². The SMILES string of the molecule is CC[C@@H](NC(=O)CCn1c(=O)oc2ccccc21)c1ccc(C)cc1. The molecule has 3 aromatic rings. The first kappa shape index (κ1) is 17.0. The molecule has 0 saturated heterocycles. The Kier molecular flexibility index (Phi) is 5.03. The molecule has 1 atom stereocenters. The van der Waals surface area contributed by atoms with Crippen LogP contribution in [0, 0.1) is 6.92 Å². The topological polar surface area (TPSA) is 64.2 Å². The second-order valence-electron chi connectivity index (χ2n) is 6.18. The average Bonchev–Trinajstić information content (AvgIpc) is 2.94. The van der Waals surface area contributed by atoms with Gasteiger partial charge in [0.1, 0.15) is 0 Å². The zero-order chi connectivity index (χ0) is 17.8. The van der Waals surface area contributed by atoms with Crippen molar-refractivity contribution in [2.24, 2.45) is 0 Å². The molecule has 1 aromatic heterocycles. The van der Waals surface area contributed by atoms with Gasteiger partial charge in [0.2, 0.25) is 5.91 Å². The molecule has 130 valence electrons. The highest BCUT2D eigenvalue weighted by molar-refractivity contribution is 5.77. The molecule has 25 heavy (non-hydrogen) atoms. The Morgan fingerprint density at radius 2 is 1.88 bits per heavy atom. The van der Waals surface area contributed by atoms with Crippen molar-refractivity contribution in [2.75, 3.05) is 0 Å². The van der Waals surface area contributed by atoms with Crippen LogP contribution < -0.4 is 11.1 Å². The van der Waals surface area contributed by atoms with Crippen LogP contribution in [0.5, 0.6) is 0 Å². The van der Waals surface area contributed by atoms with E-state index in [4.69, 9.17) is 4.42 Å². The second-order valence-corrected chi connectivity index (χ2v) is 6.18. The Morgan fingerprint density at radius 1 is 1.16 bits per heavy atom. The summed E-state index contributed by atoms with van der Waals surface area (Å²) in [6.07, 6.45) is 1.04. The number of nitrogens with one attached hydrogen (secondary N) is 1. The van der Waals surface area contributed by atoms with Gasteiger partial charge in [-0.1, -0.05) is 48.9 Å². The van der Waals surface area contributed by atoms with E-state index in [1.165, 1.54) is 10.1 Å². The molecule has 0 fully saturated rings. The minimum atomic E-state index is -0.431. The number of oxazole rings is 1. The second kappa shape index (κ2) is 7.38. The number of nitrogens with zero attached hydrogens (tertiary/aromatic N) is 1. The highest BCUT2D eigenvalue weighted by atomic mass is 16.4. The summed E-state index contributed by atoms with van der Waals surface area (Å²) < 4.78 is 6.69. The first-order valence-corrected chi connectivity index (χ1v) is 8.52. The first-order valence-electron chi connectivity index (χ1n) is 8.52. The van der Waals surface area contributed by atoms with E-state index in [1.54, 1.807) is 6.07 Å². The minimum absolute atomic E-state index is 0.0223. The Morgan fingerprint density at radius 3 is 2.60 bits per heavy atom. The van der Waals surface area contributed by atoms with Crippen LogP contribution in [-0.2, 0) is 11.3 Å². The molecule has 5 heteroatoms. The fourth-order valence-electron chi connectivity index (χ4n) is 2.93. The van der Waals surface area contributed by atoms with Gasteiger partial charge in [0.05, 0.1) is 11.6 Å². The molecule has 0 bridgehead atoms. The highest BCUT2D eigenvalue weighted by Gasteiger charge is 2.14. The van der Waals surface area contributed by atoms with Gasteiger partial charge in [-0.05, 0) is 31.0 Å². The van der Waals surface area contributed by atoms with Crippen molar-refractivity contribution in [1.29, 1.82) is 0 Å². The normalized spacial score (nSPS) is 12.2. The summed E-state index contributed by atoms with van der Waals surface area (Å²) in [6, 6.07) is 15.4. The lowest BCUT2D eigenvalue weighted by Crippen LogP contribution is -2.29. The molecular weight excluding hydrogens is 316 g/mol. The number of carbonyl (C=O) groups is 1. The van der Waals surface area contributed by atoms with E-state index in [1.807, 2.05) is 56.3 Å². The maximum atomic E-state index is 12.3. The molecule has 0 spiro atoms. The maximum Gasteiger partial charge on any atom is 0.419 e. The number of para-hydroxylation sites is 2. The van der Waals surface area contributed by atoms with Crippen molar-refractivity contribution in [3.05, 3.63) is 70.2 Å². The van der Waals surface area contributed by atoms with Crippen LogP contribution in [0.3, 0.4) is 0 Å². The van der Waals surface area contributed by atoms with Gasteiger partial charge in [-0.25, -0.2) is 4.79 Å². The van der Waals surface area contributed by atoms with Crippen molar-refractivity contribution < 1.29 is 9.21 Å². The molecule has 5 nitrogen and oxygen atoms in total. The van der Waals surface area contributed by atoms with Crippen molar-refractivity contribution in [1.82, 2.24) is 9.88 Å². The number of benzene rings is 2. The number of hydrogen-bond acceptors (Lipinski definition) is 3. The van der Waals surface area contributed by atoms with Gasteiger partial charge < -0.3 is 9.73 Å². The van der Waals surface area contributed by atoms with Crippen LogP contribution in [0.15, 0.2) is 57.7 Å². The highest BCUT2D eigenvalue weighted by Crippen LogP contribution is 2.17. The molecule has 0 unspecified atom stereocenters. The van der Waals surface area contributed by atoms with Crippen LogP contribution in [-0.4, -0.2) is 10.5 Å². The number of aryl methyl sites for hydroxylation is 2. The standard InChI is InChI=1S/C20H22N2O3/c1-3-16(15-10-8-14(2)9-11-15)21-19(23)12-13-22-17-6-4-5-7-18(17)25-20(22)24/h4-11,16H,3,12-13H2,1-2H3,(H,21,23)/t16-/m1/s1. The molecule has 0 aliphatic rings. The van der Waals surface area contributed by atoms with Crippen LogP contribution in [0.25, 0.3) is 11.1 Å². The third-order valence-corrected chi connectivity index (χ3v) is 4.36. The third kappa shape index (κ3) is 3.82. The first-order chi connectivity index (χ1) is 12.1. The summed E-state index contributed by atoms with van der Waals surface area (Å²) in [4.78, 5) is 24.3. The van der Waals surface area contributed by atoms with Gasteiger partial charge in [0.25, 0.3) is 0 Å². The monoisotopic (exact) mass is 338 g/mol. The van der Waals surface area contributed by atoms with Gasteiger partial charge in [-0.2, -0.15) is 0 Å². The molecule has 1 N–H and O–H groups in total. The maximum absolute atomic E-state index is 12.3. The molecule has 0 radical (unpaired) electrons. The summed E-state index contributed by atoms with van der Waals surface area (Å²) >= 11 is 0. The van der Waals surface area contributed by atoms with Gasteiger partial charge in [-0.15, -0.1) is 0 Å². The third-order valence-electron chi connectivity index (χ3n) is 4.36. The van der Waals surface area contributed by atoms with E-state index in [2.05, 4.69) is 5.32 Å². The number of rotatable bonds is 6. The molecular formula is C20H22N2O3. The van der Waals surface area contributed by atoms with Crippen LogP contribution in [0.4, 0.5) is 0 Å². The van der Waals surface area contributed by atoms with E-state index in [9.17, 15) is 9.59 Å². The molecule has 1 amide bonds. The Bertz CT molecular complexity index is 922. The summed E-state index contributed by atoms with van der Waals surface area (Å²) in [5, 5.41) is 3.05. The van der Waals surface area contributed by atoms with Crippen molar-refractivity contribution >= 4 is 17.0 Å². The fourth-order valence-corrected chi connectivity index (χ4v) is 2.93. The summed E-state index contributed by atoms with van der Waals surface area (Å²) in [5.41, 5.74) is 3.54. The smallest absolute Gasteiger partial charge is 0.408 e. The van der Waals surface area contributed by atoms with Crippen molar-refractivity contribution in [3.8, 4) is 0 Å². The minimum Gasteiger partial charge on any atom is -0.408 e. The van der Waals surface area contributed by atoms with E-state index in [0.717, 1.165) is 12.0 Å². The molecule has 0 aliphatic heterocycles. The van der Waals surface area contributed by atoms with Gasteiger partial charge in [0, 0.05) is 13.0 Å². The summed E-state index contributed by atoms with van der Waals surface area (Å²) in [7, 11) is 0. The zero-order valence-electron chi connectivity index (χ0n) is 14.5. The lowest BCUT2D eigenvalue weighted by atomic mass is 10.0. The van der Waals surface area contributed by atoms with E-state index in [0.29, 0.717) is 17.6 Å². The zero-order valence-corrected chi connectivity index (χ0v) is 14.5. The number of carbonyl (C=O) groups excluding carboxylic acids is 1. The predicted octanol–water partition coefficient (Wildman–Crippen LogP) is 3.56. The Labute approximate surface area is 146 Å². The van der Waals surface area contributed by atoms with Gasteiger partial charge >= 0.3 is 5.76 Å². The van der Waals surface area contributed by atoms with Gasteiger partial charge in [0.15, 0.2) is 5.58 Å². The fraction of sp³-hybridized carbons (Fsp3) is 0.300. The quantitative estimate of drug-likeness (QED) is 0.747. The van der Waals surface area contributed by atoms with E-state index < -0.39 is 5.76 Å². The number of hydrogen-bond donors (Lipinski definition) is 1. The Balaban J connectivity index is 1.66. The van der Waals surface area contributed by atoms with E-state index in [-0.39, 0.29) is 18.4 Å².